The minimum atomic E-state index is -1.48. The minimum absolute atomic E-state index is 0.793. The van der Waals surface area contributed by atoms with E-state index in [0.717, 1.165) is 35.9 Å². The zero-order valence-electron chi connectivity index (χ0n) is 14.8. The third-order valence-corrected chi connectivity index (χ3v) is 20.3. The molecule has 0 radical (unpaired) electrons. The summed E-state index contributed by atoms with van der Waals surface area (Å²) in [5.74, 6) is 3.79. The highest BCUT2D eigenvalue weighted by molar-refractivity contribution is 9.22. The van der Waals surface area contributed by atoms with E-state index in [4.69, 9.17) is 11.8 Å². The van der Waals surface area contributed by atoms with Gasteiger partial charge in [-0.25, -0.2) is 0 Å². The van der Waals surface area contributed by atoms with E-state index < -0.39 is 3.64 Å². The highest BCUT2D eigenvalue weighted by Gasteiger charge is 2.17. The van der Waals surface area contributed by atoms with Gasteiger partial charge in [0.05, 0.1) is 0 Å². The molecule has 0 fully saturated rings. The fourth-order valence-electron chi connectivity index (χ4n) is 2.31. The number of aryl methyl sites for hydroxylation is 2. The van der Waals surface area contributed by atoms with E-state index >= 15 is 0 Å². The number of rotatable bonds is 11. The van der Waals surface area contributed by atoms with Crippen LogP contribution in [0.3, 0.4) is 0 Å². The first-order chi connectivity index (χ1) is 12.6. The van der Waals surface area contributed by atoms with Gasteiger partial charge in [-0.3, -0.25) is 0 Å². The topological polar surface area (TPSA) is 0 Å². The predicted molar refractivity (Wildman–Crippen MR) is 138 cm³/mol. The van der Waals surface area contributed by atoms with Crippen molar-refractivity contribution in [3.63, 3.8) is 0 Å². The molecule has 0 aliphatic heterocycles. The maximum absolute atomic E-state index is 6.00. The van der Waals surface area contributed by atoms with E-state index in [1.165, 1.54) is 22.3 Å². The van der Waals surface area contributed by atoms with Gasteiger partial charge < -0.3 is 0 Å². The summed E-state index contributed by atoms with van der Waals surface area (Å²) in [7, 11) is 0. The molecule has 0 aliphatic rings. The largest absolute Gasteiger partial charge is 0.179 e. The van der Waals surface area contributed by atoms with Gasteiger partial charge in [0.25, 0.3) is 0 Å². The highest BCUT2D eigenvalue weighted by atomic mass is 33.5. The second-order valence-electron chi connectivity index (χ2n) is 5.75. The lowest BCUT2D eigenvalue weighted by Crippen LogP contribution is -1.90. The molecule has 0 saturated carbocycles. The van der Waals surface area contributed by atoms with Gasteiger partial charge in [-0.05, 0) is 47.1 Å². The van der Waals surface area contributed by atoms with Crippen molar-refractivity contribution in [1.29, 1.82) is 0 Å². The second kappa shape index (κ2) is 12.4. The Labute approximate surface area is 186 Å². The summed E-state index contributed by atoms with van der Waals surface area (Å²) in [5, 5.41) is 0. The van der Waals surface area contributed by atoms with Crippen molar-refractivity contribution in [2.45, 2.75) is 24.3 Å². The van der Waals surface area contributed by atoms with Crippen molar-refractivity contribution in [2.24, 2.45) is 0 Å². The van der Waals surface area contributed by atoms with Crippen LogP contribution in [0.15, 0.2) is 48.5 Å². The SMILES string of the molecule is CSP(=S)(SCCc1ccc(CCS)cc1)SCc1ccc(CS)cc1. The van der Waals surface area contributed by atoms with Crippen molar-refractivity contribution >= 4 is 74.9 Å². The minimum Gasteiger partial charge on any atom is -0.179 e. The van der Waals surface area contributed by atoms with E-state index in [2.05, 4.69) is 80.0 Å². The molecule has 0 amide bonds. The van der Waals surface area contributed by atoms with Crippen LogP contribution in [0.2, 0.25) is 0 Å². The lowest BCUT2D eigenvalue weighted by atomic mass is 10.1. The van der Waals surface area contributed by atoms with E-state index in [1.807, 2.05) is 34.1 Å². The molecule has 0 heterocycles. The Balaban J connectivity index is 1.81. The molecule has 0 aromatic heterocycles. The van der Waals surface area contributed by atoms with E-state index in [1.54, 1.807) is 0 Å². The van der Waals surface area contributed by atoms with Gasteiger partial charge >= 0.3 is 0 Å². The van der Waals surface area contributed by atoms with Crippen molar-refractivity contribution in [3.05, 3.63) is 70.8 Å². The zero-order valence-corrected chi connectivity index (χ0v) is 20.8. The highest BCUT2D eigenvalue weighted by Crippen LogP contribution is 2.77. The van der Waals surface area contributed by atoms with Gasteiger partial charge in [-0.2, -0.15) is 25.3 Å². The van der Waals surface area contributed by atoms with Crippen molar-refractivity contribution in [3.8, 4) is 0 Å². The average Bonchev–Trinajstić information content (AvgIpc) is 2.68. The van der Waals surface area contributed by atoms with Crippen LogP contribution in [-0.4, -0.2) is 17.8 Å². The molecule has 0 spiro atoms. The molecule has 0 saturated heterocycles. The summed E-state index contributed by atoms with van der Waals surface area (Å²) in [6, 6.07) is 17.7. The van der Waals surface area contributed by atoms with Crippen molar-refractivity contribution in [1.82, 2.24) is 0 Å². The molecule has 142 valence electrons. The van der Waals surface area contributed by atoms with Crippen LogP contribution in [0, 0.1) is 0 Å². The normalized spacial score (nSPS) is 13.5. The molecule has 0 nitrogen and oxygen atoms in total. The van der Waals surface area contributed by atoms with Crippen LogP contribution >= 0.6 is 63.0 Å². The maximum Gasteiger partial charge on any atom is 0.109 e. The van der Waals surface area contributed by atoms with Gasteiger partial charge in [0, 0.05) is 17.3 Å². The zero-order chi connectivity index (χ0) is 18.8. The second-order valence-corrected chi connectivity index (χ2v) is 22.4. The molecule has 0 N–H and O–H groups in total. The third-order valence-electron chi connectivity index (χ3n) is 3.88. The van der Waals surface area contributed by atoms with Crippen LogP contribution in [0.5, 0.6) is 0 Å². The molecule has 1 unspecified atom stereocenters. The Bertz CT molecular complexity index is 699. The van der Waals surface area contributed by atoms with Gasteiger partial charge in [0.1, 0.15) is 3.64 Å². The summed E-state index contributed by atoms with van der Waals surface area (Å²) in [5.41, 5.74) is 5.38. The lowest BCUT2D eigenvalue weighted by Gasteiger charge is -2.18. The number of benzene rings is 2. The van der Waals surface area contributed by atoms with Crippen molar-refractivity contribution in [2.75, 3.05) is 17.8 Å². The Morgan fingerprint density at radius 1 is 0.808 bits per heavy atom. The van der Waals surface area contributed by atoms with Crippen LogP contribution in [-0.2, 0) is 36.2 Å². The van der Waals surface area contributed by atoms with E-state index in [9.17, 15) is 0 Å². The third kappa shape index (κ3) is 8.06. The number of thiol groups is 2. The summed E-state index contributed by atoms with van der Waals surface area (Å²) < 4.78 is -1.48. The van der Waals surface area contributed by atoms with Crippen LogP contribution in [0.4, 0.5) is 0 Å². The summed E-state index contributed by atoms with van der Waals surface area (Å²) in [4.78, 5) is 0. The standard InChI is InChI=1S/C19H25PS6/c1-24-20(23,26-15-19-8-6-18(14-22)7-9-19)25-13-11-17-4-2-16(3-5-17)10-12-21/h2-9,21-22H,10-15H2,1H3. The van der Waals surface area contributed by atoms with Crippen LogP contribution in [0.25, 0.3) is 0 Å². The Kier molecular flexibility index (Phi) is 11.0. The fourth-order valence-corrected chi connectivity index (χ4v) is 12.8. The molecule has 26 heavy (non-hydrogen) atoms. The van der Waals surface area contributed by atoms with Crippen LogP contribution in [0.1, 0.15) is 22.3 Å². The molecule has 2 rings (SSSR count). The predicted octanol–water partition coefficient (Wildman–Crippen LogP) is 7.39. The first-order valence-electron chi connectivity index (χ1n) is 8.41. The van der Waals surface area contributed by atoms with Gasteiger partial charge in [-0.1, -0.05) is 71.7 Å². The Morgan fingerprint density at radius 3 is 1.88 bits per heavy atom. The molecule has 2 aromatic carbocycles. The number of hydrogen-bond donors (Lipinski definition) is 2. The molecular formula is C19H25PS6. The molecule has 7 heteroatoms. The smallest absolute Gasteiger partial charge is 0.109 e. The Hall–Kier alpha value is 0.840. The maximum atomic E-state index is 6.00. The molecule has 0 aliphatic carbocycles. The monoisotopic (exact) mass is 476 g/mol. The fraction of sp³-hybridized carbons (Fsp3) is 0.368. The molecule has 2 aromatic rings. The van der Waals surface area contributed by atoms with Gasteiger partial charge in [0.15, 0.2) is 0 Å². The van der Waals surface area contributed by atoms with Crippen molar-refractivity contribution < 1.29 is 0 Å². The average molecular weight is 477 g/mol. The van der Waals surface area contributed by atoms with Gasteiger partial charge in [-0.15, -0.1) is 22.8 Å². The van der Waals surface area contributed by atoms with E-state index in [0.29, 0.717) is 0 Å². The molecular weight excluding hydrogens is 452 g/mol. The van der Waals surface area contributed by atoms with E-state index in [-0.39, 0.29) is 0 Å². The summed E-state index contributed by atoms with van der Waals surface area (Å²) in [6.07, 6.45) is 4.29. The lowest BCUT2D eigenvalue weighted by molar-refractivity contribution is 1.12. The molecule has 0 bridgehead atoms. The summed E-state index contributed by atoms with van der Waals surface area (Å²) >= 11 is 20.4. The quantitative estimate of drug-likeness (QED) is 0.256. The van der Waals surface area contributed by atoms with Gasteiger partial charge in [0.2, 0.25) is 0 Å². The molecule has 1 atom stereocenters. The Morgan fingerprint density at radius 2 is 1.35 bits per heavy atom. The first-order valence-corrected chi connectivity index (χ1v) is 17.5. The summed E-state index contributed by atoms with van der Waals surface area (Å²) in [6.45, 7) is 0. The first kappa shape index (κ1) is 23.1. The number of hydrogen-bond acceptors (Lipinski definition) is 6. The van der Waals surface area contributed by atoms with Crippen LogP contribution < -0.4 is 0 Å².